The quantitative estimate of drug-likeness (QED) is 0.129. The average Bonchev–Trinajstić information content (AvgIpc) is 3.30. The van der Waals surface area contributed by atoms with Gasteiger partial charge in [-0.3, -0.25) is 9.59 Å². The van der Waals surface area contributed by atoms with Crippen LogP contribution in [0.5, 0.6) is 0 Å². The minimum Gasteiger partial charge on any atom is -0.422 e. The van der Waals surface area contributed by atoms with Crippen molar-refractivity contribution in [1.29, 1.82) is 0 Å². The van der Waals surface area contributed by atoms with Gasteiger partial charge in [-0.1, -0.05) is 44.3 Å². The Labute approximate surface area is 265 Å². The maximum Gasteiger partial charge on any atom is 0.305 e. The molecular weight excluding hydrogens is 556 g/mol. The molecule has 4 aliphatic carbocycles. The molecule has 0 amide bonds. The van der Waals surface area contributed by atoms with Crippen LogP contribution in [-0.4, -0.2) is 49.4 Å². The second-order valence-corrected chi connectivity index (χ2v) is 15.5. The molecule has 3 saturated carbocycles. The molecule has 1 aliphatic heterocycles. The van der Waals surface area contributed by atoms with E-state index in [2.05, 4.69) is 38.7 Å². The first kappa shape index (κ1) is 33.5. The van der Waals surface area contributed by atoms with E-state index in [1.807, 2.05) is 13.8 Å². The summed E-state index contributed by atoms with van der Waals surface area (Å²) in [5.41, 5.74) is 0.989. The minimum absolute atomic E-state index is 0.0336. The van der Waals surface area contributed by atoms with Crippen LogP contribution in [0, 0.1) is 52.3 Å². The molecule has 9 atom stereocenters. The van der Waals surface area contributed by atoms with Crippen LogP contribution in [0.4, 0.5) is 0 Å². The van der Waals surface area contributed by atoms with Crippen molar-refractivity contribution in [2.24, 2.45) is 40.4 Å². The first-order valence-corrected chi connectivity index (χ1v) is 17.2. The smallest absolute Gasteiger partial charge is 0.305 e. The summed E-state index contributed by atoms with van der Waals surface area (Å²) >= 11 is 0. The second-order valence-electron chi connectivity index (χ2n) is 15.5. The summed E-state index contributed by atoms with van der Waals surface area (Å²) in [6.45, 7) is 14.9. The first-order valence-electron chi connectivity index (χ1n) is 17.2. The van der Waals surface area contributed by atoms with E-state index in [0.717, 1.165) is 38.7 Å². The lowest BCUT2D eigenvalue weighted by molar-refractivity contribution is -0.238. The molecule has 0 radical (unpaired) electrons. The average molecular weight is 613 g/mol. The highest BCUT2D eigenvalue weighted by Crippen LogP contribution is 2.68. The van der Waals surface area contributed by atoms with Gasteiger partial charge in [0.15, 0.2) is 6.29 Å². The lowest BCUT2D eigenvalue weighted by Gasteiger charge is -2.59. The normalized spacial score (nSPS) is 37.5. The Kier molecular flexibility index (Phi) is 9.68. The van der Waals surface area contributed by atoms with Crippen molar-refractivity contribution in [2.45, 2.75) is 143 Å². The lowest BCUT2D eigenvalue weighted by atomic mass is 9.46. The Bertz CT molecular complexity index is 1160. The number of rotatable bonds is 7. The summed E-state index contributed by atoms with van der Waals surface area (Å²) in [5.74, 6) is 7.64. The molecule has 0 bridgehead atoms. The van der Waals surface area contributed by atoms with Crippen molar-refractivity contribution in [3.05, 3.63) is 11.6 Å². The topological polar surface area (TPSA) is 80.3 Å². The summed E-state index contributed by atoms with van der Waals surface area (Å²) in [6.07, 6.45) is 13.0. The zero-order valence-corrected chi connectivity index (χ0v) is 28.5. The molecule has 4 fully saturated rings. The van der Waals surface area contributed by atoms with Crippen molar-refractivity contribution in [1.82, 2.24) is 0 Å². The van der Waals surface area contributed by atoms with E-state index in [4.69, 9.17) is 23.7 Å². The molecule has 0 N–H and O–H groups in total. The third kappa shape index (κ3) is 6.51. The predicted octanol–water partition coefficient (Wildman–Crippen LogP) is 7.36. The number of fused-ring (bicyclic) bond motifs is 5. The number of methoxy groups -OCH3 is 1. The molecule has 7 heteroatoms. The standard InChI is InChI=1S/C37H56O7/c1-24(32(40-8)17-18-34(4,5)44-33-11-9-10-22-41-33)29-14-15-30-28-13-12-27-23-37(42-25(2)38,43-26(3)39)21-20-35(27,6)31(28)16-19-36(29,30)7/h12,24,28-33H,9-11,13-16,19-23H2,1-8H3/t24-,28-,29+,30-,31-,32?,33?,35-,36+/m0/s1. The van der Waals surface area contributed by atoms with E-state index >= 15 is 0 Å². The van der Waals surface area contributed by atoms with Crippen LogP contribution >= 0.6 is 0 Å². The zero-order valence-electron chi connectivity index (χ0n) is 28.5. The molecule has 44 heavy (non-hydrogen) atoms. The van der Waals surface area contributed by atoms with Crippen LogP contribution in [-0.2, 0) is 33.3 Å². The second kappa shape index (κ2) is 12.7. The molecule has 0 aromatic carbocycles. The first-order chi connectivity index (χ1) is 20.7. The zero-order chi connectivity index (χ0) is 31.9. The monoisotopic (exact) mass is 612 g/mol. The Morgan fingerprint density at radius 1 is 1.00 bits per heavy atom. The van der Waals surface area contributed by atoms with Gasteiger partial charge >= 0.3 is 11.9 Å². The van der Waals surface area contributed by atoms with E-state index in [-0.39, 0.29) is 23.2 Å². The van der Waals surface area contributed by atoms with E-state index in [0.29, 0.717) is 42.4 Å². The molecule has 1 heterocycles. The molecule has 0 spiro atoms. The highest BCUT2D eigenvalue weighted by Gasteiger charge is 2.61. The van der Waals surface area contributed by atoms with Crippen molar-refractivity contribution in [3.63, 3.8) is 0 Å². The van der Waals surface area contributed by atoms with Crippen LogP contribution in [0.3, 0.4) is 0 Å². The van der Waals surface area contributed by atoms with Crippen LogP contribution < -0.4 is 0 Å². The van der Waals surface area contributed by atoms with Crippen LogP contribution in [0.25, 0.3) is 0 Å². The molecule has 2 unspecified atom stereocenters. The summed E-state index contributed by atoms with van der Waals surface area (Å²) < 4.78 is 29.5. The van der Waals surface area contributed by atoms with Gasteiger partial charge in [-0.15, -0.1) is 0 Å². The van der Waals surface area contributed by atoms with Crippen molar-refractivity contribution in [2.75, 3.05) is 13.7 Å². The molecule has 5 aliphatic rings. The highest BCUT2D eigenvalue weighted by atomic mass is 16.7. The Balaban J connectivity index is 1.30. The molecule has 1 saturated heterocycles. The fourth-order valence-corrected chi connectivity index (χ4v) is 10.3. The fourth-order valence-electron chi connectivity index (χ4n) is 10.3. The van der Waals surface area contributed by atoms with Gasteiger partial charge in [0.25, 0.3) is 5.79 Å². The van der Waals surface area contributed by atoms with Crippen LogP contribution in [0.1, 0.15) is 119 Å². The van der Waals surface area contributed by atoms with Gasteiger partial charge in [0.05, 0.1) is 0 Å². The van der Waals surface area contributed by atoms with Gasteiger partial charge < -0.3 is 23.7 Å². The summed E-state index contributed by atoms with van der Waals surface area (Å²) in [4.78, 5) is 24.0. The maximum atomic E-state index is 12.0. The lowest BCUT2D eigenvalue weighted by Crippen LogP contribution is -2.54. The number of carbonyl (C=O) groups is 2. The maximum absolute atomic E-state index is 12.0. The number of ether oxygens (including phenoxy) is 5. The molecule has 0 aromatic rings. The molecule has 0 aromatic heterocycles. The van der Waals surface area contributed by atoms with Crippen molar-refractivity contribution < 1.29 is 33.3 Å². The van der Waals surface area contributed by atoms with Gasteiger partial charge in [0, 0.05) is 40.4 Å². The number of allylic oxidation sites excluding steroid dienone is 1. The van der Waals surface area contributed by atoms with Gasteiger partial charge in [0.2, 0.25) is 0 Å². The summed E-state index contributed by atoms with van der Waals surface area (Å²) in [5, 5.41) is 0. The third-order valence-electron chi connectivity index (χ3n) is 12.3. The Morgan fingerprint density at radius 2 is 1.73 bits per heavy atom. The Hall–Kier alpha value is -1.88. The van der Waals surface area contributed by atoms with Gasteiger partial charge in [-0.2, -0.15) is 0 Å². The predicted molar refractivity (Wildman–Crippen MR) is 168 cm³/mol. The largest absolute Gasteiger partial charge is 0.422 e. The van der Waals surface area contributed by atoms with E-state index in [9.17, 15) is 9.59 Å². The summed E-state index contributed by atoms with van der Waals surface area (Å²) in [6, 6.07) is 0. The number of hydrogen-bond acceptors (Lipinski definition) is 7. The molecular formula is C37H56O7. The highest BCUT2D eigenvalue weighted by molar-refractivity contribution is 5.69. The summed E-state index contributed by atoms with van der Waals surface area (Å²) in [7, 11) is 1.79. The van der Waals surface area contributed by atoms with Gasteiger partial charge in [-0.05, 0) is 112 Å². The Morgan fingerprint density at radius 3 is 2.36 bits per heavy atom. The molecule has 7 nitrogen and oxygen atoms in total. The molecule has 5 rings (SSSR count). The minimum atomic E-state index is -1.17. The number of hydrogen-bond donors (Lipinski definition) is 0. The van der Waals surface area contributed by atoms with E-state index < -0.39 is 23.3 Å². The molecule has 246 valence electrons. The van der Waals surface area contributed by atoms with Crippen LogP contribution in [0.15, 0.2) is 11.6 Å². The van der Waals surface area contributed by atoms with Gasteiger partial charge in [0.1, 0.15) is 11.7 Å². The van der Waals surface area contributed by atoms with Crippen molar-refractivity contribution >= 4 is 11.9 Å². The SMILES string of the molecule is COC(C#CC(C)(C)OC1CCCCO1)[C@@H](C)[C@H]1CC[C@H]2[C@@H]3CC=C4CC(OC(C)=O)(OC(C)=O)CC[C@]4(C)[C@H]3CC[C@]12C. The van der Waals surface area contributed by atoms with E-state index in [1.54, 1.807) is 7.11 Å². The third-order valence-corrected chi connectivity index (χ3v) is 12.3. The van der Waals surface area contributed by atoms with E-state index in [1.165, 1.54) is 45.1 Å². The van der Waals surface area contributed by atoms with Gasteiger partial charge in [-0.25, -0.2) is 0 Å². The fraction of sp³-hybridized carbons (Fsp3) is 0.838. The number of esters is 2. The number of carbonyl (C=O) groups excluding carboxylic acids is 2. The van der Waals surface area contributed by atoms with Crippen LogP contribution in [0.2, 0.25) is 0 Å². The van der Waals surface area contributed by atoms with Crippen molar-refractivity contribution in [3.8, 4) is 11.8 Å².